The molecule has 0 aliphatic heterocycles. The van der Waals surface area contributed by atoms with Crippen LogP contribution >= 0.6 is 12.4 Å². The lowest BCUT2D eigenvalue weighted by atomic mass is 9.99. The van der Waals surface area contributed by atoms with Gasteiger partial charge in [0, 0.05) is 18.2 Å². The summed E-state index contributed by atoms with van der Waals surface area (Å²) < 4.78 is 15.8. The van der Waals surface area contributed by atoms with Gasteiger partial charge in [0.2, 0.25) is 5.91 Å². The second-order valence-corrected chi connectivity index (χ2v) is 5.15. The van der Waals surface area contributed by atoms with Crippen molar-refractivity contribution >= 4 is 18.3 Å². The van der Waals surface area contributed by atoms with E-state index >= 15 is 0 Å². The van der Waals surface area contributed by atoms with E-state index in [1.54, 1.807) is 33.5 Å². The smallest absolute Gasteiger partial charge is 0.237 e. The van der Waals surface area contributed by atoms with Crippen molar-refractivity contribution in [1.82, 2.24) is 5.32 Å². The molecule has 2 unspecified atom stereocenters. The summed E-state index contributed by atoms with van der Waals surface area (Å²) in [6.07, 6.45) is 0.855. The first-order valence-electron chi connectivity index (χ1n) is 7.30. The number of carbonyl (C=O) groups is 1. The highest BCUT2D eigenvalue weighted by atomic mass is 35.5. The number of hydrogen-bond acceptors (Lipinski definition) is 5. The van der Waals surface area contributed by atoms with Crippen LogP contribution in [-0.4, -0.2) is 33.3 Å². The van der Waals surface area contributed by atoms with Gasteiger partial charge in [-0.15, -0.1) is 12.4 Å². The Morgan fingerprint density at radius 1 is 1.13 bits per heavy atom. The highest BCUT2D eigenvalue weighted by Gasteiger charge is 2.20. The molecule has 2 atom stereocenters. The van der Waals surface area contributed by atoms with E-state index in [9.17, 15) is 4.79 Å². The van der Waals surface area contributed by atoms with Crippen molar-refractivity contribution < 1.29 is 19.0 Å². The molecule has 0 aromatic heterocycles. The van der Waals surface area contributed by atoms with Gasteiger partial charge in [-0.25, -0.2) is 0 Å². The number of benzene rings is 1. The van der Waals surface area contributed by atoms with E-state index in [0.29, 0.717) is 23.8 Å². The Labute approximate surface area is 144 Å². The second-order valence-electron chi connectivity index (χ2n) is 5.15. The van der Waals surface area contributed by atoms with Gasteiger partial charge in [-0.3, -0.25) is 4.79 Å². The molecular formula is C16H27ClN2O4. The fourth-order valence-electron chi connectivity index (χ4n) is 2.04. The molecule has 1 amide bonds. The molecule has 6 nitrogen and oxygen atoms in total. The molecule has 0 radical (unpaired) electrons. The van der Waals surface area contributed by atoms with Crippen molar-refractivity contribution in [3.63, 3.8) is 0 Å². The molecule has 7 heteroatoms. The van der Waals surface area contributed by atoms with Crippen molar-refractivity contribution in [3.8, 4) is 17.2 Å². The summed E-state index contributed by atoms with van der Waals surface area (Å²) in [5, 5.41) is 2.84. The van der Waals surface area contributed by atoms with Crippen LogP contribution in [0.2, 0.25) is 0 Å². The number of nitrogens with one attached hydrogen (secondary N) is 1. The van der Waals surface area contributed by atoms with Gasteiger partial charge in [-0.2, -0.15) is 0 Å². The quantitative estimate of drug-likeness (QED) is 0.753. The average molecular weight is 347 g/mol. The number of hydrogen-bond donors (Lipinski definition) is 2. The summed E-state index contributed by atoms with van der Waals surface area (Å²) in [4.78, 5) is 12.1. The van der Waals surface area contributed by atoms with Crippen LogP contribution < -0.4 is 25.3 Å². The number of methoxy groups -OCH3 is 3. The lowest BCUT2D eigenvalue weighted by Crippen LogP contribution is -2.44. The van der Waals surface area contributed by atoms with Crippen molar-refractivity contribution in [3.05, 3.63) is 17.7 Å². The molecule has 0 saturated carbocycles. The Kier molecular flexibility index (Phi) is 9.44. The van der Waals surface area contributed by atoms with Crippen LogP contribution in [-0.2, 0) is 11.3 Å². The van der Waals surface area contributed by atoms with Crippen LogP contribution in [0.1, 0.15) is 25.8 Å². The maximum absolute atomic E-state index is 12.1. The highest BCUT2D eigenvalue weighted by Crippen LogP contribution is 2.34. The van der Waals surface area contributed by atoms with E-state index in [1.807, 2.05) is 13.8 Å². The molecule has 0 heterocycles. The largest absolute Gasteiger partial charge is 0.496 e. The Hall–Kier alpha value is -1.66. The first-order valence-corrected chi connectivity index (χ1v) is 7.30. The van der Waals surface area contributed by atoms with Gasteiger partial charge >= 0.3 is 0 Å². The third-order valence-corrected chi connectivity index (χ3v) is 3.80. The molecular weight excluding hydrogens is 320 g/mol. The third kappa shape index (κ3) is 5.48. The molecule has 0 aliphatic rings. The van der Waals surface area contributed by atoms with Gasteiger partial charge in [0.15, 0.2) is 11.5 Å². The standard InChI is InChI=1S/C16H26N2O4.ClH/c1-6-10(2)15(17)16(19)18-9-11-7-13(21-4)14(22-5)8-12(11)20-3;/h7-8,10,15H,6,9,17H2,1-5H3,(H,18,19);1H. The Morgan fingerprint density at radius 2 is 1.65 bits per heavy atom. The summed E-state index contributed by atoms with van der Waals surface area (Å²) in [5.74, 6) is 1.73. The Morgan fingerprint density at radius 3 is 2.13 bits per heavy atom. The normalized spacial score (nSPS) is 12.6. The molecule has 1 aromatic carbocycles. The zero-order valence-electron chi connectivity index (χ0n) is 14.3. The number of nitrogens with two attached hydrogens (primary N) is 1. The van der Waals surface area contributed by atoms with Gasteiger partial charge in [-0.1, -0.05) is 20.3 Å². The van der Waals surface area contributed by atoms with E-state index < -0.39 is 6.04 Å². The average Bonchev–Trinajstić information content (AvgIpc) is 2.56. The molecule has 0 fully saturated rings. The van der Waals surface area contributed by atoms with Gasteiger partial charge in [-0.05, 0) is 12.0 Å². The Bertz CT molecular complexity index is 511. The van der Waals surface area contributed by atoms with Crippen molar-refractivity contribution in [1.29, 1.82) is 0 Å². The summed E-state index contributed by atoms with van der Waals surface area (Å²) in [6.45, 7) is 4.28. The zero-order valence-corrected chi connectivity index (χ0v) is 15.2. The number of carbonyl (C=O) groups excluding carboxylic acids is 1. The van der Waals surface area contributed by atoms with Crippen molar-refractivity contribution in [2.45, 2.75) is 32.9 Å². The van der Waals surface area contributed by atoms with Gasteiger partial charge < -0.3 is 25.3 Å². The Balaban J connectivity index is 0.00000484. The predicted molar refractivity (Wildman–Crippen MR) is 92.6 cm³/mol. The van der Waals surface area contributed by atoms with Crippen molar-refractivity contribution in [2.24, 2.45) is 11.7 Å². The van der Waals surface area contributed by atoms with Crippen LogP contribution in [0.3, 0.4) is 0 Å². The van der Waals surface area contributed by atoms with E-state index in [1.165, 1.54) is 0 Å². The van der Waals surface area contributed by atoms with Crippen LogP contribution in [0, 0.1) is 5.92 Å². The minimum Gasteiger partial charge on any atom is -0.496 e. The molecule has 1 aromatic rings. The maximum Gasteiger partial charge on any atom is 0.237 e. The SMILES string of the molecule is CCC(C)C(N)C(=O)NCc1cc(OC)c(OC)cc1OC.Cl. The van der Waals surface area contributed by atoms with Gasteiger partial charge in [0.25, 0.3) is 0 Å². The first-order chi connectivity index (χ1) is 10.5. The predicted octanol–water partition coefficient (Wildman–Crippen LogP) is 2.12. The summed E-state index contributed by atoms with van der Waals surface area (Å²) in [7, 11) is 4.69. The number of rotatable bonds is 8. The third-order valence-electron chi connectivity index (χ3n) is 3.80. The summed E-state index contributed by atoms with van der Waals surface area (Å²) in [5.41, 5.74) is 6.72. The van der Waals surface area contributed by atoms with Gasteiger partial charge in [0.1, 0.15) is 5.75 Å². The van der Waals surface area contributed by atoms with Crippen LogP contribution in [0.5, 0.6) is 17.2 Å². The topological polar surface area (TPSA) is 82.8 Å². The lowest BCUT2D eigenvalue weighted by Gasteiger charge is -2.19. The van der Waals surface area contributed by atoms with E-state index in [-0.39, 0.29) is 24.2 Å². The molecule has 132 valence electrons. The fourth-order valence-corrected chi connectivity index (χ4v) is 2.04. The van der Waals surface area contributed by atoms with Crippen LogP contribution in [0.4, 0.5) is 0 Å². The van der Waals surface area contributed by atoms with Crippen molar-refractivity contribution in [2.75, 3.05) is 21.3 Å². The lowest BCUT2D eigenvalue weighted by molar-refractivity contribution is -0.123. The highest BCUT2D eigenvalue weighted by molar-refractivity contribution is 5.85. The molecule has 0 aliphatic carbocycles. The zero-order chi connectivity index (χ0) is 16.7. The summed E-state index contributed by atoms with van der Waals surface area (Å²) in [6, 6.07) is 3.00. The van der Waals surface area contributed by atoms with Crippen LogP contribution in [0.25, 0.3) is 0 Å². The molecule has 0 bridgehead atoms. The number of halogens is 1. The molecule has 0 saturated heterocycles. The first kappa shape index (κ1) is 21.3. The molecule has 0 spiro atoms. The van der Waals surface area contributed by atoms with E-state index in [4.69, 9.17) is 19.9 Å². The van der Waals surface area contributed by atoms with E-state index in [2.05, 4.69) is 5.32 Å². The minimum absolute atomic E-state index is 0. The fraction of sp³-hybridized carbons (Fsp3) is 0.562. The molecule has 1 rings (SSSR count). The summed E-state index contributed by atoms with van der Waals surface area (Å²) >= 11 is 0. The number of ether oxygens (including phenoxy) is 3. The molecule has 23 heavy (non-hydrogen) atoms. The van der Waals surface area contributed by atoms with Gasteiger partial charge in [0.05, 0.1) is 27.4 Å². The van der Waals surface area contributed by atoms with E-state index in [0.717, 1.165) is 12.0 Å². The maximum atomic E-state index is 12.1. The van der Waals surface area contributed by atoms with Crippen LogP contribution in [0.15, 0.2) is 12.1 Å². The monoisotopic (exact) mass is 346 g/mol. The molecule has 3 N–H and O–H groups in total. The number of amides is 1. The second kappa shape index (κ2) is 10.2. The minimum atomic E-state index is -0.517.